The van der Waals surface area contributed by atoms with E-state index in [1.165, 1.54) is 0 Å². The van der Waals surface area contributed by atoms with Crippen molar-refractivity contribution in [3.05, 3.63) is 63.6 Å². The highest BCUT2D eigenvalue weighted by atomic mass is 79.9. The minimum atomic E-state index is -0.843. The molecule has 0 amide bonds. The Morgan fingerprint density at radius 1 is 1.24 bits per heavy atom. The topological polar surface area (TPSA) is 35.5 Å². The Labute approximate surface area is 137 Å². The molecule has 1 atom stereocenters. The summed E-state index contributed by atoms with van der Waals surface area (Å²) >= 11 is 9.47. The lowest BCUT2D eigenvalue weighted by Gasteiger charge is -2.18. The van der Waals surface area contributed by atoms with Crippen LogP contribution in [0.25, 0.3) is 0 Å². The molecule has 0 aliphatic heterocycles. The zero-order valence-corrected chi connectivity index (χ0v) is 13.7. The third-order valence-corrected chi connectivity index (χ3v) is 3.53. The first-order valence-electron chi connectivity index (χ1n) is 6.45. The number of hydrogen-bond acceptors (Lipinski definition) is 3. The average molecular weight is 370 g/mol. The molecule has 3 nitrogen and oxygen atoms in total. The molecule has 0 spiro atoms. The second-order valence-corrected chi connectivity index (χ2v) is 5.56. The van der Waals surface area contributed by atoms with Gasteiger partial charge in [-0.05, 0) is 25.1 Å². The van der Waals surface area contributed by atoms with Gasteiger partial charge < -0.3 is 9.47 Å². The standard InChI is InChI=1S/C16H14BrClO3/c1-2-20-16(19)15(11-6-4-3-5-7-11)21-14-9-8-12(17)10-13(14)18/h3-10,15H,2H2,1H3. The molecule has 0 aliphatic carbocycles. The highest BCUT2D eigenvalue weighted by Gasteiger charge is 2.24. The summed E-state index contributed by atoms with van der Waals surface area (Å²) in [7, 11) is 0. The van der Waals surface area contributed by atoms with Crippen LogP contribution < -0.4 is 4.74 Å². The van der Waals surface area contributed by atoms with E-state index in [4.69, 9.17) is 21.1 Å². The SMILES string of the molecule is CCOC(=O)C(Oc1ccc(Br)cc1Cl)c1ccccc1. The normalized spacial score (nSPS) is 11.8. The van der Waals surface area contributed by atoms with Crippen molar-refractivity contribution in [2.45, 2.75) is 13.0 Å². The van der Waals surface area contributed by atoms with Gasteiger partial charge >= 0.3 is 5.97 Å². The maximum atomic E-state index is 12.1. The minimum absolute atomic E-state index is 0.291. The lowest BCUT2D eigenvalue weighted by atomic mass is 10.1. The van der Waals surface area contributed by atoms with Crippen LogP contribution in [0.3, 0.4) is 0 Å². The fraction of sp³-hybridized carbons (Fsp3) is 0.188. The van der Waals surface area contributed by atoms with Gasteiger partial charge in [-0.2, -0.15) is 0 Å². The summed E-state index contributed by atoms with van der Waals surface area (Å²) in [6, 6.07) is 14.4. The molecule has 0 aliphatic rings. The van der Waals surface area contributed by atoms with Crippen molar-refractivity contribution in [2.24, 2.45) is 0 Å². The third kappa shape index (κ3) is 4.22. The molecule has 0 saturated heterocycles. The van der Waals surface area contributed by atoms with Gasteiger partial charge in [0.25, 0.3) is 0 Å². The van der Waals surface area contributed by atoms with E-state index in [9.17, 15) is 4.79 Å². The molecule has 0 radical (unpaired) electrons. The summed E-state index contributed by atoms with van der Waals surface area (Å²) in [6.45, 7) is 2.05. The van der Waals surface area contributed by atoms with Crippen LogP contribution in [-0.2, 0) is 9.53 Å². The largest absolute Gasteiger partial charge is 0.472 e. The van der Waals surface area contributed by atoms with Crippen LogP contribution in [0.4, 0.5) is 0 Å². The molecule has 0 bridgehead atoms. The summed E-state index contributed by atoms with van der Waals surface area (Å²) in [5.41, 5.74) is 0.718. The molecule has 1 unspecified atom stereocenters. The Bertz CT molecular complexity index is 616. The number of carbonyl (C=O) groups excluding carboxylic acids is 1. The number of rotatable bonds is 5. The molecular weight excluding hydrogens is 356 g/mol. The van der Waals surface area contributed by atoms with Gasteiger partial charge in [0.05, 0.1) is 11.6 Å². The fourth-order valence-electron chi connectivity index (χ4n) is 1.80. The van der Waals surface area contributed by atoms with E-state index in [1.807, 2.05) is 30.3 Å². The number of ether oxygens (including phenoxy) is 2. The van der Waals surface area contributed by atoms with Gasteiger partial charge in [-0.25, -0.2) is 4.79 Å². The van der Waals surface area contributed by atoms with Crippen LogP contribution in [-0.4, -0.2) is 12.6 Å². The van der Waals surface area contributed by atoms with Gasteiger partial charge in [-0.1, -0.05) is 57.9 Å². The predicted molar refractivity (Wildman–Crippen MR) is 85.6 cm³/mol. The third-order valence-electron chi connectivity index (χ3n) is 2.74. The van der Waals surface area contributed by atoms with E-state index in [-0.39, 0.29) is 0 Å². The van der Waals surface area contributed by atoms with Crippen molar-refractivity contribution < 1.29 is 14.3 Å². The minimum Gasteiger partial charge on any atom is -0.472 e. The van der Waals surface area contributed by atoms with E-state index in [0.717, 1.165) is 10.0 Å². The van der Waals surface area contributed by atoms with Gasteiger partial charge in [0.2, 0.25) is 6.10 Å². The maximum absolute atomic E-state index is 12.1. The molecule has 21 heavy (non-hydrogen) atoms. The predicted octanol–water partition coefficient (Wildman–Crippen LogP) is 4.79. The Kier molecular flexibility index (Phi) is 5.65. The Morgan fingerprint density at radius 3 is 2.57 bits per heavy atom. The van der Waals surface area contributed by atoms with E-state index in [1.54, 1.807) is 25.1 Å². The molecule has 110 valence electrons. The average Bonchev–Trinajstić information content (AvgIpc) is 2.47. The number of hydrogen-bond donors (Lipinski definition) is 0. The lowest BCUT2D eigenvalue weighted by molar-refractivity contribution is -0.151. The molecule has 0 saturated carbocycles. The highest BCUT2D eigenvalue weighted by Crippen LogP contribution is 2.32. The number of esters is 1. The molecule has 2 rings (SSSR count). The first kappa shape index (κ1) is 15.9. The van der Waals surface area contributed by atoms with Gasteiger partial charge in [-0.3, -0.25) is 0 Å². The molecule has 5 heteroatoms. The summed E-state index contributed by atoms with van der Waals surface area (Å²) in [5.74, 6) is -0.00976. The van der Waals surface area contributed by atoms with Crippen molar-refractivity contribution in [1.82, 2.24) is 0 Å². The number of carbonyl (C=O) groups is 1. The molecule has 0 N–H and O–H groups in total. The fourth-order valence-corrected chi connectivity index (χ4v) is 2.51. The first-order valence-corrected chi connectivity index (χ1v) is 7.62. The maximum Gasteiger partial charge on any atom is 0.352 e. The van der Waals surface area contributed by atoms with Crippen LogP contribution in [0.2, 0.25) is 5.02 Å². The summed E-state index contributed by atoms with van der Waals surface area (Å²) in [6.07, 6.45) is -0.843. The summed E-state index contributed by atoms with van der Waals surface area (Å²) in [4.78, 5) is 12.1. The molecule has 0 aromatic heterocycles. The van der Waals surface area contributed by atoms with E-state index >= 15 is 0 Å². The van der Waals surface area contributed by atoms with Crippen LogP contribution in [0.5, 0.6) is 5.75 Å². The van der Waals surface area contributed by atoms with Crippen molar-refractivity contribution in [3.63, 3.8) is 0 Å². The van der Waals surface area contributed by atoms with Crippen LogP contribution >= 0.6 is 27.5 Å². The van der Waals surface area contributed by atoms with E-state index in [0.29, 0.717) is 17.4 Å². The van der Waals surface area contributed by atoms with Crippen molar-refractivity contribution in [3.8, 4) is 5.75 Å². The zero-order chi connectivity index (χ0) is 15.2. The summed E-state index contributed by atoms with van der Waals surface area (Å²) in [5, 5.41) is 0.426. The van der Waals surface area contributed by atoms with Crippen LogP contribution in [0.15, 0.2) is 53.0 Å². The quantitative estimate of drug-likeness (QED) is 0.711. The zero-order valence-electron chi connectivity index (χ0n) is 11.4. The molecule has 0 heterocycles. The first-order chi connectivity index (χ1) is 10.1. The lowest BCUT2D eigenvalue weighted by Crippen LogP contribution is -2.21. The second-order valence-electron chi connectivity index (χ2n) is 4.24. The number of benzene rings is 2. The Balaban J connectivity index is 2.30. The summed E-state index contributed by atoms with van der Waals surface area (Å²) < 4.78 is 11.7. The van der Waals surface area contributed by atoms with Gasteiger partial charge in [-0.15, -0.1) is 0 Å². The molecular formula is C16H14BrClO3. The highest BCUT2D eigenvalue weighted by molar-refractivity contribution is 9.10. The van der Waals surface area contributed by atoms with Crippen molar-refractivity contribution >= 4 is 33.5 Å². The molecule has 0 fully saturated rings. The Hall–Kier alpha value is -1.52. The van der Waals surface area contributed by atoms with E-state index in [2.05, 4.69) is 15.9 Å². The van der Waals surface area contributed by atoms with Gasteiger partial charge in [0.1, 0.15) is 5.75 Å². The monoisotopic (exact) mass is 368 g/mol. The van der Waals surface area contributed by atoms with Crippen LogP contribution in [0.1, 0.15) is 18.6 Å². The molecule has 2 aromatic rings. The van der Waals surface area contributed by atoms with Crippen molar-refractivity contribution in [1.29, 1.82) is 0 Å². The number of halogens is 2. The second kappa shape index (κ2) is 7.48. The molecule has 2 aromatic carbocycles. The smallest absolute Gasteiger partial charge is 0.352 e. The Morgan fingerprint density at radius 2 is 1.95 bits per heavy atom. The van der Waals surface area contributed by atoms with Crippen molar-refractivity contribution in [2.75, 3.05) is 6.61 Å². The van der Waals surface area contributed by atoms with Crippen LogP contribution in [0, 0.1) is 0 Å². The van der Waals surface area contributed by atoms with Gasteiger partial charge in [0.15, 0.2) is 0 Å². The van der Waals surface area contributed by atoms with E-state index < -0.39 is 12.1 Å². The van der Waals surface area contributed by atoms with Gasteiger partial charge in [0, 0.05) is 10.0 Å².